The summed E-state index contributed by atoms with van der Waals surface area (Å²) in [5, 5.41) is 2.96. The Hall–Kier alpha value is -3.51. The van der Waals surface area contributed by atoms with Crippen molar-refractivity contribution < 1.29 is 4.79 Å². The average molecular weight is 385 g/mol. The van der Waals surface area contributed by atoms with E-state index in [0.717, 1.165) is 29.0 Å². The molecule has 2 heterocycles. The highest BCUT2D eigenvalue weighted by molar-refractivity contribution is 5.78. The van der Waals surface area contributed by atoms with Crippen molar-refractivity contribution in [3.05, 3.63) is 90.4 Å². The number of amides is 1. The smallest absolute Gasteiger partial charge is 0.234 e. The molecule has 0 aliphatic rings. The summed E-state index contributed by atoms with van der Waals surface area (Å²) < 4.78 is 1.95. The van der Waals surface area contributed by atoms with Crippen LogP contribution in [-0.2, 0) is 17.9 Å². The number of likely N-dealkylation sites (N-methyl/N-ethyl adjacent to an activating group) is 1. The number of rotatable bonds is 7. The molecule has 6 nitrogen and oxygen atoms in total. The number of pyridine rings is 1. The van der Waals surface area contributed by atoms with E-state index in [1.807, 2.05) is 71.1 Å². The first-order valence-corrected chi connectivity index (χ1v) is 9.55. The fraction of sp³-hybridized carbons (Fsp3) is 0.174. The van der Waals surface area contributed by atoms with Gasteiger partial charge in [-0.15, -0.1) is 0 Å². The van der Waals surface area contributed by atoms with Gasteiger partial charge in [-0.2, -0.15) is 0 Å². The maximum atomic E-state index is 12.2. The van der Waals surface area contributed by atoms with Crippen LogP contribution in [0.1, 0.15) is 11.1 Å². The van der Waals surface area contributed by atoms with E-state index in [2.05, 4.69) is 27.4 Å². The monoisotopic (exact) mass is 385 g/mol. The molecule has 0 aliphatic carbocycles. The molecule has 1 amide bonds. The Bertz CT molecular complexity index is 1090. The molecule has 0 bridgehead atoms. The maximum absolute atomic E-state index is 12.2. The van der Waals surface area contributed by atoms with Gasteiger partial charge in [0, 0.05) is 19.3 Å². The predicted octanol–water partition coefficient (Wildman–Crippen LogP) is 3.17. The molecule has 4 aromatic rings. The van der Waals surface area contributed by atoms with Crippen molar-refractivity contribution in [2.24, 2.45) is 0 Å². The van der Waals surface area contributed by atoms with E-state index in [9.17, 15) is 4.79 Å². The molecule has 0 spiro atoms. The third kappa shape index (κ3) is 4.67. The van der Waals surface area contributed by atoms with Crippen molar-refractivity contribution in [3.63, 3.8) is 0 Å². The number of carbonyl (C=O) groups is 1. The SMILES string of the molecule is CN(CC(=O)NCc1ccc(-n2cnc3ccccc32)nc1)Cc1ccccc1. The zero-order chi connectivity index (χ0) is 20.1. The number of nitrogens with one attached hydrogen (secondary N) is 1. The van der Waals surface area contributed by atoms with Gasteiger partial charge in [-0.25, -0.2) is 9.97 Å². The fourth-order valence-electron chi connectivity index (χ4n) is 3.26. The Balaban J connectivity index is 1.31. The zero-order valence-electron chi connectivity index (χ0n) is 16.3. The third-order valence-corrected chi connectivity index (χ3v) is 4.71. The quantitative estimate of drug-likeness (QED) is 0.531. The van der Waals surface area contributed by atoms with Crippen LogP contribution in [0.25, 0.3) is 16.9 Å². The topological polar surface area (TPSA) is 63.1 Å². The molecule has 146 valence electrons. The second-order valence-corrected chi connectivity index (χ2v) is 7.06. The minimum atomic E-state index is -0.00638. The van der Waals surface area contributed by atoms with Gasteiger partial charge in [-0.05, 0) is 36.4 Å². The molecule has 0 radical (unpaired) electrons. The molecule has 4 rings (SSSR count). The van der Waals surface area contributed by atoms with Gasteiger partial charge >= 0.3 is 0 Å². The number of benzene rings is 2. The molecule has 0 saturated carbocycles. The Labute approximate surface area is 169 Å². The summed E-state index contributed by atoms with van der Waals surface area (Å²) in [5.41, 5.74) is 4.10. The molecule has 29 heavy (non-hydrogen) atoms. The maximum Gasteiger partial charge on any atom is 0.234 e. The van der Waals surface area contributed by atoms with Crippen molar-refractivity contribution in [3.8, 4) is 5.82 Å². The number of hydrogen-bond acceptors (Lipinski definition) is 4. The number of hydrogen-bond donors (Lipinski definition) is 1. The second-order valence-electron chi connectivity index (χ2n) is 7.06. The molecular formula is C23H23N5O. The van der Waals surface area contributed by atoms with Crippen LogP contribution in [-0.4, -0.2) is 38.9 Å². The van der Waals surface area contributed by atoms with Gasteiger partial charge in [0.2, 0.25) is 5.91 Å². The Kier molecular flexibility index (Phi) is 5.63. The highest BCUT2D eigenvalue weighted by atomic mass is 16.2. The summed E-state index contributed by atoms with van der Waals surface area (Å²) in [4.78, 5) is 23.2. The van der Waals surface area contributed by atoms with Gasteiger partial charge < -0.3 is 5.32 Å². The Morgan fingerprint density at radius 1 is 0.966 bits per heavy atom. The van der Waals surface area contributed by atoms with Crippen LogP contribution >= 0.6 is 0 Å². The molecule has 6 heteroatoms. The van der Waals surface area contributed by atoms with E-state index in [4.69, 9.17) is 0 Å². The first-order chi connectivity index (χ1) is 14.2. The van der Waals surface area contributed by atoms with Gasteiger partial charge in [0.1, 0.15) is 12.1 Å². The summed E-state index contributed by atoms with van der Waals surface area (Å²) in [6.07, 6.45) is 3.56. The van der Waals surface area contributed by atoms with E-state index in [0.29, 0.717) is 13.1 Å². The van der Waals surface area contributed by atoms with Gasteiger partial charge in [0.25, 0.3) is 0 Å². The Morgan fingerprint density at radius 2 is 1.76 bits per heavy atom. The summed E-state index contributed by atoms with van der Waals surface area (Å²) in [5.74, 6) is 0.796. The second kappa shape index (κ2) is 8.67. The van der Waals surface area contributed by atoms with Crippen molar-refractivity contribution in [2.75, 3.05) is 13.6 Å². The highest BCUT2D eigenvalue weighted by Crippen LogP contribution is 2.16. The van der Waals surface area contributed by atoms with Crippen LogP contribution < -0.4 is 5.32 Å². The highest BCUT2D eigenvalue weighted by Gasteiger charge is 2.08. The minimum absolute atomic E-state index is 0.00638. The van der Waals surface area contributed by atoms with E-state index in [1.165, 1.54) is 5.56 Å². The number of carbonyl (C=O) groups excluding carboxylic acids is 1. The number of para-hydroxylation sites is 2. The number of aromatic nitrogens is 3. The standard InChI is InChI=1S/C23H23N5O/c1-27(15-18-7-3-2-4-8-18)16-23(29)25-14-19-11-12-22(24-13-19)28-17-26-20-9-5-6-10-21(20)28/h2-13,17H,14-16H2,1H3,(H,25,29). The lowest BCUT2D eigenvalue weighted by Crippen LogP contribution is -2.34. The van der Waals surface area contributed by atoms with Crippen molar-refractivity contribution >= 4 is 16.9 Å². The van der Waals surface area contributed by atoms with E-state index < -0.39 is 0 Å². The molecule has 0 fully saturated rings. The van der Waals surface area contributed by atoms with E-state index >= 15 is 0 Å². The average Bonchev–Trinajstić information content (AvgIpc) is 3.17. The molecule has 0 atom stereocenters. The molecule has 0 saturated heterocycles. The first-order valence-electron chi connectivity index (χ1n) is 9.55. The molecular weight excluding hydrogens is 362 g/mol. The van der Waals surface area contributed by atoms with Crippen LogP contribution in [0.4, 0.5) is 0 Å². The summed E-state index contributed by atoms with van der Waals surface area (Å²) in [7, 11) is 1.94. The lowest BCUT2D eigenvalue weighted by molar-refractivity contribution is -0.122. The minimum Gasteiger partial charge on any atom is -0.351 e. The van der Waals surface area contributed by atoms with Gasteiger partial charge in [0.05, 0.1) is 17.6 Å². The van der Waals surface area contributed by atoms with Crippen molar-refractivity contribution in [1.29, 1.82) is 0 Å². The number of fused-ring (bicyclic) bond motifs is 1. The van der Waals surface area contributed by atoms with E-state index in [-0.39, 0.29) is 5.91 Å². The number of imidazole rings is 1. The molecule has 0 aliphatic heterocycles. The van der Waals surface area contributed by atoms with Crippen LogP contribution in [0.2, 0.25) is 0 Å². The number of nitrogens with zero attached hydrogens (tertiary/aromatic N) is 4. The summed E-state index contributed by atoms with van der Waals surface area (Å²) in [6, 6.07) is 22.0. The summed E-state index contributed by atoms with van der Waals surface area (Å²) >= 11 is 0. The van der Waals surface area contributed by atoms with Gasteiger partial charge in [-0.1, -0.05) is 48.5 Å². The Morgan fingerprint density at radius 3 is 2.55 bits per heavy atom. The van der Waals surface area contributed by atoms with E-state index in [1.54, 1.807) is 12.5 Å². The van der Waals surface area contributed by atoms with Crippen LogP contribution in [0.3, 0.4) is 0 Å². The normalized spacial score (nSPS) is 11.1. The first kappa shape index (κ1) is 18.8. The predicted molar refractivity (Wildman–Crippen MR) is 113 cm³/mol. The lowest BCUT2D eigenvalue weighted by atomic mass is 10.2. The van der Waals surface area contributed by atoms with Crippen molar-refractivity contribution in [2.45, 2.75) is 13.1 Å². The molecule has 0 unspecified atom stereocenters. The van der Waals surface area contributed by atoms with Gasteiger partial charge in [0.15, 0.2) is 0 Å². The molecule has 1 N–H and O–H groups in total. The van der Waals surface area contributed by atoms with Crippen molar-refractivity contribution in [1.82, 2.24) is 24.8 Å². The third-order valence-electron chi connectivity index (χ3n) is 4.71. The van der Waals surface area contributed by atoms with Crippen LogP contribution in [0.15, 0.2) is 79.3 Å². The molecule has 2 aromatic carbocycles. The molecule has 2 aromatic heterocycles. The zero-order valence-corrected chi connectivity index (χ0v) is 16.3. The van der Waals surface area contributed by atoms with Gasteiger partial charge in [-0.3, -0.25) is 14.3 Å². The largest absolute Gasteiger partial charge is 0.351 e. The summed E-state index contributed by atoms with van der Waals surface area (Å²) in [6.45, 7) is 1.54. The lowest BCUT2D eigenvalue weighted by Gasteiger charge is -2.16. The fourth-order valence-corrected chi connectivity index (χ4v) is 3.26. The van der Waals surface area contributed by atoms with Crippen LogP contribution in [0.5, 0.6) is 0 Å². The van der Waals surface area contributed by atoms with Crippen LogP contribution in [0, 0.1) is 0 Å².